The van der Waals surface area contributed by atoms with E-state index in [1.54, 1.807) is 6.92 Å². The van der Waals surface area contributed by atoms with Crippen molar-refractivity contribution in [1.29, 1.82) is 0 Å². The molecule has 0 saturated heterocycles. The monoisotopic (exact) mass is 172 g/mol. The molecule has 1 unspecified atom stereocenters. The van der Waals surface area contributed by atoms with E-state index in [1.807, 2.05) is 0 Å². The van der Waals surface area contributed by atoms with Crippen LogP contribution in [0.5, 0.6) is 0 Å². The minimum absolute atomic E-state index is 0.0328. The minimum atomic E-state index is -0.242. The maximum Gasteiger partial charge on any atom is 0.223 e. The molecule has 12 heavy (non-hydrogen) atoms. The molecule has 0 aromatic rings. The van der Waals surface area contributed by atoms with Crippen molar-refractivity contribution >= 4 is 11.7 Å². The number of amides is 1. The molecule has 0 aromatic carbocycles. The zero-order valence-electron chi connectivity index (χ0n) is 7.59. The number of Topliss-reactive ketones (excluding diaryl/α,β-unsaturated/α-hetero) is 1. The smallest absolute Gasteiger partial charge is 0.223 e. The van der Waals surface area contributed by atoms with Crippen LogP contribution in [0.2, 0.25) is 0 Å². The molecular formula is C8H16N2O2. The number of carbonyl (C=O) groups is 2. The SMILES string of the molecule is CC(=O)CC(C)C(=O)NCCN. The summed E-state index contributed by atoms with van der Waals surface area (Å²) >= 11 is 0. The van der Waals surface area contributed by atoms with Gasteiger partial charge in [0, 0.05) is 25.4 Å². The fourth-order valence-corrected chi connectivity index (χ4v) is 0.893. The Morgan fingerprint density at radius 3 is 2.50 bits per heavy atom. The molecule has 0 aliphatic carbocycles. The lowest BCUT2D eigenvalue weighted by Crippen LogP contribution is -2.33. The van der Waals surface area contributed by atoms with Crippen LogP contribution in [0, 0.1) is 5.92 Å². The molecule has 3 N–H and O–H groups in total. The Labute approximate surface area is 72.5 Å². The molecule has 4 heteroatoms. The van der Waals surface area contributed by atoms with Gasteiger partial charge in [-0.2, -0.15) is 0 Å². The van der Waals surface area contributed by atoms with Gasteiger partial charge in [-0.25, -0.2) is 0 Å². The van der Waals surface area contributed by atoms with Crippen LogP contribution in [0.3, 0.4) is 0 Å². The third kappa shape index (κ3) is 4.85. The highest BCUT2D eigenvalue weighted by Gasteiger charge is 2.13. The first-order valence-corrected chi connectivity index (χ1v) is 4.05. The average Bonchev–Trinajstić information content (AvgIpc) is 1.98. The lowest BCUT2D eigenvalue weighted by atomic mass is 10.1. The van der Waals surface area contributed by atoms with Crippen molar-refractivity contribution in [2.75, 3.05) is 13.1 Å². The summed E-state index contributed by atoms with van der Waals surface area (Å²) < 4.78 is 0. The maximum absolute atomic E-state index is 11.1. The largest absolute Gasteiger partial charge is 0.355 e. The van der Waals surface area contributed by atoms with E-state index in [-0.39, 0.29) is 17.6 Å². The fourth-order valence-electron chi connectivity index (χ4n) is 0.893. The van der Waals surface area contributed by atoms with Gasteiger partial charge in [0.2, 0.25) is 5.91 Å². The number of ketones is 1. The second kappa shape index (κ2) is 5.71. The van der Waals surface area contributed by atoms with E-state index >= 15 is 0 Å². The van der Waals surface area contributed by atoms with Gasteiger partial charge in [0.05, 0.1) is 0 Å². The Kier molecular flexibility index (Phi) is 5.28. The Morgan fingerprint density at radius 1 is 1.50 bits per heavy atom. The van der Waals surface area contributed by atoms with E-state index in [1.165, 1.54) is 6.92 Å². The molecule has 0 fully saturated rings. The molecular weight excluding hydrogens is 156 g/mol. The van der Waals surface area contributed by atoms with Gasteiger partial charge in [-0.15, -0.1) is 0 Å². The molecule has 0 aliphatic rings. The molecule has 70 valence electrons. The molecule has 0 rings (SSSR count). The second-order valence-electron chi connectivity index (χ2n) is 2.89. The van der Waals surface area contributed by atoms with Crippen LogP contribution in [-0.2, 0) is 9.59 Å². The first kappa shape index (κ1) is 11.1. The van der Waals surface area contributed by atoms with E-state index in [0.29, 0.717) is 19.5 Å². The second-order valence-corrected chi connectivity index (χ2v) is 2.89. The van der Waals surface area contributed by atoms with Crippen LogP contribution in [0.25, 0.3) is 0 Å². The minimum Gasteiger partial charge on any atom is -0.355 e. The summed E-state index contributed by atoms with van der Waals surface area (Å²) in [5, 5.41) is 2.62. The molecule has 0 heterocycles. The molecule has 0 spiro atoms. The van der Waals surface area contributed by atoms with Crippen LogP contribution in [0.4, 0.5) is 0 Å². The number of hydrogen-bond donors (Lipinski definition) is 2. The summed E-state index contributed by atoms with van der Waals surface area (Å²) in [6.07, 6.45) is 0.302. The number of hydrogen-bond acceptors (Lipinski definition) is 3. The highest BCUT2D eigenvalue weighted by atomic mass is 16.2. The van der Waals surface area contributed by atoms with Gasteiger partial charge in [-0.1, -0.05) is 6.92 Å². The van der Waals surface area contributed by atoms with Crippen LogP contribution in [0.1, 0.15) is 20.3 Å². The van der Waals surface area contributed by atoms with Crippen LogP contribution < -0.4 is 11.1 Å². The van der Waals surface area contributed by atoms with Crippen LogP contribution in [0.15, 0.2) is 0 Å². The first-order chi connectivity index (χ1) is 5.57. The Balaban J connectivity index is 3.69. The topological polar surface area (TPSA) is 72.2 Å². The normalized spacial score (nSPS) is 12.2. The third-order valence-electron chi connectivity index (χ3n) is 1.48. The molecule has 1 amide bonds. The number of nitrogens with one attached hydrogen (secondary N) is 1. The summed E-state index contributed by atoms with van der Waals surface area (Å²) in [6, 6.07) is 0. The maximum atomic E-state index is 11.1. The number of rotatable bonds is 5. The Hall–Kier alpha value is -0.900. The van der Waals surface area contributed by atoms with Gasteiger partial charge < -0.3 is 15.8 Å². The predicted molar refractivity (Wildman–Crippen MR) is 46.5 cm³/mol. The zero-order valence-corrected chi connectivity index (χ0v) is 7.59. The molecule has 0 aliphatic heterocycles. The lowest BCUT2D eigenvalue weighted by Gasteiger charge is -2.08. The van der Waals surface area contributed by atoms with Gasteiger partial charge in [-0.3, -0.25) is 4.79 Å². The van der Waals surface area contributed by atoms with E-state index in [9.17, 15) is 9.59 Å². The van der Waals surface area contributed by atoms with Gasteiger partial charge in [0.25, 0.3) is 0 Å². The number of carbonyl (C=O) groups excluding carboxylic acids is 2. The van der Waals surface area contributed by atoms with Crippen molar-refractivity contribution in [3.05, 3.63) is 0 Å². The Morgan fingerprint density at radius 2 is 2.08 bits per heavy atom. The quantitative estimate of drug-likeness (QED) is 0.596. The van der Waals surface area contributed by atoms with E-state index in [0.717, 1.165) is 0 Å². The molecule has 4 nitrogen and oxygen atoms in total. The summed E-state index contributed by atoms with van der Waals surface area (Å²) in [5.41, 5.74) is 5.20. The van der Waals surface area contributed by atoms with Gasteiger partial charge in [0.1, 0.15) is 5.78 Å². The summed E-state index contributed by atoms with van der Waals surface area (Å²) in [4.78, 5) is 21.7. The summed E-state index contributed by atoms with van der Waals surface area (Å²) in [5.74, 6) is -0.310. The molecule has 1 atom stereocenters. The lowest BCUT2D eigenvalue weighted by molar-refractivity contribution is -0.128. The molecule has 0 radical (unpaired) electrons. The van der Waals surface area contributed by atoms with Gasteiger partial charge in [-0.05, 0) is 6.92 Å². The molecule has 0 saturated carbocycles. The third-order valence-corrected chi connectivity index (χ3v) is 1.48. The van der Waals surface area contributed by atoms with E-state index in [2.05, 4.69) is 5.32 Å². The molecule has 0 aromatic heterocycles. The van der Waals surface area contributed by atoms with Crippen molar-refractivity contribution in [3.8, 4) is 0 Å². The average molecular weight is 172 g/mol. The standard InChI is InChI=1S/C8H16N2O2/c1-6(5-7(2)11)8(12)10-4-3-9/h6H,3-5,9H2,1-2H3,(H,10,12). The highest BCUT2D eigenvalue weighted by molar-refractivity contribution is 5.85. The van der Waals surface area contributed by atoms with Crippen molar-refractivity contribution < 1.29 is 9.59 Å². The van der Waals surface area contributed by atoms with Crippen LogP contribution in [-0.4, -0.2) is 24.8 Å². The van der Waals surface area contributed by atoms with Crippen LogP contribution >= 0.6 is 0 Å². The number of nitrogens with two attached hydrogens (primary N) is 1. The van der Waals surface area contributed by atoms with Crippen molar-refractivity contribution in [2.45, 2.75) is 20.3 Å². The summed E-state index contributed by atoms with van der Waals surface area (Å²) in [7, 11) is 0. The van der Waals surface area contributed by atoms with E-state index < -0.39 is 0 Å². The fraction of sp³-hybridized carbons (Fsp3) is 0.750. The summed E-state index contributed by atoms with van der Waals surface area (Å²) in [6.45, 7) is 4.11. The van der Waals surface area contributed by atoms with Crippen molar-refractivity contribution in [1.82, 2.24) is 5.32 Å². The van der Waals surface area contributed by atoms with Crippen molar-refractivity contribution in [3.63, 3.8) is 0 Å². The highest BCUT2D eigenvalue weighted by Crippen LogP contribution is 2.01. The van der Waals surface area contributed by atoms with Crippen molar-refractivity contribution in [2.24, 2.45) is 11.7 Å². The van der Waals surface area contributed by atoms with E-state index in [4.69, 9.17) is 5.73 Å². The van der Waals surface area contributed by atoms with Gasteiger partial charge in [0.15, 0.2) is 0 Å². The first-order valence-electron chi connectivity index (χ1n) is 4.05. The van der Waals surface area contributed by atoms with Gasteiger partial charge >= 0.3 is 0 Å². The predicted octanol–water partition coefficient (Wildman–Crippen LogP) is -0.323. The zero-order chi connectivity index (χ0) is 9.56. The molecule has 0 bridgehead atoms. The Bertz CT molecular complexity index is 168.